The highest BCUT2D eigenvalue weighted by Gasteiger charge is 2.44. The summed E-state index contributed by atoms with van der Waals surface area (Å²) < 4.78 is 0. The van der Waals surface area contributed by atoms with Gasteiger partial charge in [-0.3, -0.25) is 76.7 Å². The molecule has 1 aromatic heterocycles. The largest absolute Gasteiger partial charge is 0.481 e. The zero-order valence-corrected chi connectivity index (χ0v) is 83.5. The first kappa shape index (κ1) is 110. The third kappa shape index (κ3) is 30.4. The third-order valence-electron chi connectivity index (χ3n) is 27.7. The van der Waals surface area contributed by atoms with Crippen LogP contribution in [0, 0.1) is 11.8 Å². The molecule has 0 bridgehead atoms. The Balaban J connectivity index is 0.911. The van der Waals surface area contributed by atoms with Crippen LogP contribution in [-0.2, 0) is 102 Å². The second kappa shape index (κ2) is 51.8. The van der Waals surface area contributed by atoms with E-state index in [-0.39, 0.29) is 99.7 Å². The van der Waals surface area contributed by atoms with E-state index in [9.17, 15) is 53.7 Å². The molecular weight excluding hydrogens is 1890 g/mol. The number of likely N-dealkylation sites (N-methyl/N-ethyl adjacent to an activating group) is 1. The molecule has 40 heteroatoms. The predicted molar refractivity (Wildman–Crippen MR) is 546 cm³/mol. The van der Waals surface area contributed by atoms with E-state index in [2.05, 4.69) is 73.7 Å². The van der Waals surface area contributed by atoms with Gasteiger partial charge in [-0.05, 0) is 163 Å². The first-order valence-corrected chi connectivity index (χ1v) is 50.0. The van der Waals surface area contributed by atoms with Crippen LogP contribution in [0.25, 0.3) is 32.8 Å². The van der Waals surface area contributed by atoms with Crippen molar-refractivity contribution in [3.8, 4) is 11.1 Å². The number of carboxylic acid groups (broad SMARTS) is 3. The number of amides is 15. The van der Waals surface area contributed by atoms with Gasteiger partial charge >= 0.3 is 17.9 Å². The Morgan fingerprint density at radius 1 is 0.469 bits per heavy atom. The maximum Gasteiger partial charge on any atom is 0.335 e. The van der Waals surface area contributed by atoms with Crippen LogP contribution < -0.4 is 80.2 Å². The van der Waals surface area contributed by atoms with Crippen molar-refractivity contribution in [3.63, 3.8) is 0 Å². The van der Waals surface area contributed by atoms with Gasteiger partial charge in [-0.25, -0.2) is 9.59 Å². The van der Waals surface area contributed by atoms with Gasteiger partial charge in [0.15, 0.2) is 0 Å². The van der Waals surface area contributed by atoms with Crippen molar-refractivity contribution >= 4 is 134 Å². The molecule has 3 aliphatic heterocycles. The van der Waals surface area contributed by atoms with E-state index in [1.807, 2.05) is 12.1 Å². The Morgan fingerprint density at radius 3 is 1.56 bits per heavy atom. The fourth-order valence-electron chi connectivity index (χ4n) is 19.2. The van der Waals surface area contributed by atoms with Crippen LogP contribution >= 0.6 is 0 Å². The van der Waals surface area contributed by atoms with E-state index in [0.29, 0.717) is 93.2 Å². The SMILES string of the molecule is CC(=O)N1CCN(c2ccc(C[C@@H]3NC(=O)[C@H](CCC4CCCCC4)NC(=O)[C@@H](C)NC(=O)[C@H](CC(C)C)NC(=O)[C@H](CCCN)NC(=O)[C@H](Cc4ccc(-c5ccc(C(=O)O)cc5)cc4)NC(=O)CNC(=O)[C@@H](C)N(C)C(=O)[C@H](CC(=O)O)NC(=O)[C@H]([C@@H](C)c4cccc5ccccc45)NC(=O)[C@@H]4C[C@@H](N)CN4C(=O)CNC(=O)[C@H](Cc4ccc(C(=O)O)cc4)NC(=O)[C@H](Cc4c[nH]c5ccccc45)NC3=O)cc2)CC1. The number of fused-ring (bicyclic) bond motifs is 3. The van der Waals surface area contributed by atoms with Crippen molar-refractivity contribution in [3.05, 3.63) is 209 Å². The van der Waals surface area contributed by atoms with Crippen molar-refractivity contribution < 1.29 is 102 Å². The summed E-state index contributed by atoms with van der Waals surface area (Å²) >= 11 is 0. The lowest BCUT2D eigenvalue weighted by Crippen LogP contribution is -2.61. The number of anilines is 1. The predicted octanol–water partition coefficient (Wildman–Crippen LogP) is 3.64. The highest BCUT2D eigenvalue weighted by molar-refractivity contribution is 6.03. The number of H-pyrrole nitrogens is 1. The van der Waals surface area contributed by atoms with E-state index < -0.39 is 205 Å². The molecule has 4 heterocycles. The van der Waals surface area contributed by atoms with Crippen molar-refractivity contribution in [2.75, 3.05) is 64.3 Å². The van der Waals surface area contributed by atoms with Crippen molar-refractivity contribution in [2.24, 2.45) is 23.3 Å². The number of aromatic carboxylic acids is 2. The number of hydrogen-bond acceptors (Lipinski definition) is 21. The van der Waals surface area contributed by atoms with Gasteiger partial charge in [0.25, 0.3) is 0 Å². The number of carboxylic acids is 3. The molecule has 15 amide bonds. The summed E-state index contributed by atoms with van der Waals surface area (Å²) in [6, 6.07) is 24.8. The minimum Gasteiger partial charge on any atom is -0.481 e. The number of nitrogens with one attached hydrogen (secondary N) is 13. The first-order chi connectivity index (χ1) is 70.3. The van der Waals surface area contributed by atoms with E-state index in [1.54, 1.807) is 147 Å². The molecule has 7 aromatic carbocycles. The summed E-state index contributed by atoms with van der Waals surface area (Å²) in [7, 11) is 1.13. The number of benzene rings is 7. The zero-order valence-electron chi connectivity index (χ0n) is 83.5. The second-order valence-corrected chi connectivity index (χ2v) is 38.9. The molecule has 0 radical (unpaired) electrons. The van der Waals surface area contributed by atoms with Crippen LogP contribution in [0.1, 0.15) is 173 Å². The normalized spacial score (nSPS) is 23.5. The molecule has 4 aliphatic rings. The van der Waals surface area contributed by atoms with Crippen LogP contribution in [0.3, 0.4) is 0 Å². The molecule has 12 rings (SSSR count). The average Bonchev–Trinajstić information content (AvgIpc) is 1.76. The van der Waals surface area contributed by atoms with Gasteiger partial charge in [0.2, 0.25) is 88.6 Å². The van der Waals surface area contributed by atoms with E-state index in [1.165, 1.54) is 57.2 Å². The molecule has 782 valence electrons. The summed E-state index contributed by atoms with van der Waals surface area (Å²) in [6.45, 7) is 9.15. The first-order valence-electron chi connectivity index (χ1n) is 50.0. The maximum absolute atomic E-state index is 16.0. The van der Waals surface area contributed by atoms with E-state index in [4.69, 9.17) is 11.5 Å². The molecule has 0 unspecified atom stereocenters. The number of para-hydroxylation sites is 1. The van der Waals surface area contributed by atoms with Gasteiger partial charge in [0.05, 0.1) is 30.6 Å². The molecule has 0 spiro atoms. The van der Waals surface area contributed by atoms with Gasteiger partial charge < -0.3 is 115 Å². The molecule has 8 aromatic rings. The van der Waals surface area contributed by atoms with Crippen molar-refractivity contribution in [1.82, 2.24) is 83.5 Å². The molecule has 14 atom stereocenters. The Labute approximate surface area is 851 Å². The Kier molecular flexibility index (Phi) is 38.9. The van der Waals surface area contributed by atoms with Gasteiger partial charge in [-0.15, -0.1) is 0 Å². The summed E-state index contributed by atoms with van der Waals surface area (Å²) in [5, 5.41) is 64.7. The lowest BCUT2D eigenvalue weighted by Gasteiger charge is -2.35. The number of carbonyl (C=O) groups is 18. The Morgan fingerprint density at radius 2 is 0.966 bits per heavy atom. The number of nitrogens with two attached hydrogens (primary N) is 2. The van der Waals surface area contributed by atoms with Gasteiger partial charge in [0, 0.05) is 107 Å². The molecule has 1 aliphatic carbocycles. The molecule has 40 nitrogen and oxygen atoms in total. The molecule has 1 saturated carbocycles. The van der Waals surface area contributed by atoms with Gasteiger partial charge in [-0.2, -0.15) is 0 Å². The number of carbonyl (C=O) groups excluding carboxylic acids is 15. The molecular formula is C107H133N19O21. The average molecular weight is 2020 g/mol. The summed E-state index contributed by atoms with van der Waals surface area (Å²) in [4.78, 5) is 271. The van der Waals surface area contributed by atoms with E-state index >= 15 is 47.9 Å². The lowest BCUT2D eigenvalue weighted by molar-refractivity contribution is -0.146. The van der Waals surface area contributed by atoms with Crippen LogP contribution in [0.5, 0.6) is 0 Å². The molecule has 147 heavy (non-hydrogen) atoms. The lowest BCUT2D eigenvalue weighted by atomic mass is 9.85. The maximum atomic E-state index is 16.0. The minimum atomic E-state index is -1.98. The topological polar surface area (TPSA) is 593 Å². The number of aliphatic carboxylic acids is 1. The Bertz CT molecular complexity index is 6100. The van der Waals surface area contributed by atoms with E-state index in [0.717, 1.165) is 54.6 Å². The second-order valence-electron chi connectivity index (χ2n) is 38.9. The Hall–Kier alpha value is -15.5. The standard InChI is InChI=1S/C107H133N19O21/c1-60(2)49-83-99(137)113-62(4)94(132)115-82(43-32-65-17-9-8-10-18-65)98(136)119-86(52-68-30-41-76(42-31-68)125-47-45-124(46-48-125)64(6)127)101(139)120-87(53-74-56-110-80-24-14-13-22-79(74)80)102(140)118-84(50-67-28-35-72(36-29-67)106(144)145)96(134)112-58-91(129)126-59-75(109)54-89(126)103(141)122-93(61(3)77-23-15-20-71-19-11-12-21-78(71)77)104(142)121-88(55-92(130)131)105(143)123(7)63(5)95(133)111-57-90(128)114-85(100(138)116-81(25-16-44-108)97(135)117-83)51-66-26-33-69(34-27-66)70-37-39-73(40-38-70)107(146)147/h11-15,19-24,26-31,33-42,56,60-63,65,75,81-89,93,110H,8-10,16-18,25,32,43-55,57-59,108-109H2,1-7H3,(H,111,133)(H,112,134)(H,113,137)(H,114,128)(H,115,132)(H,116,138)(H,117,135)(H,118,140)(H,119,136)(H,120,139)(H,121,142)(H,122,141)(H,130,131)(H,144,145)(H,146,147)/t61-,62+,63+,75+,81-,82-,83-,84-,85-,86-,87-,88-,89-,93-/m0/s1. The van der Waals surface area contributed by atoms with Gasteiger partial charge in [-0.1, -0.05) is 174 Å². The third-order valence-corrected chi connectivity index (χ3v) is 27.7. The minimum absolute atomic E-state index is 0.00534. The van der Waals surface area contributed by atoms with Gasteiger partial charge in [0.1, 0.15) is 72.5 Å². The number of rotatable bonds is 24. The highest BCUT2D eigenvalue weighted by atomic mass is 16.4. The molecule has 3 saturated heterocycles. The van der Waals surface area contributed by atoms with Crippen LogP contribution in [0.4, 0.5) is 5.69 Å². The van der Waals surface area contributed by atoms with Crippen LogP contribution in [0.15, 0.2) is 170 Å². The highest BCUT2D eigenvalue weighted by Crippen LogP contribution is 2.33. The summed E-state index contributed by atoms with van der Waals surface area (Å²) in [5.41, 5.74) is 17.5. The molecule has 20 N–H and O–H groups in total. The fourth-order valence-corrected chi connectivity index (χ4v) is 19.2. The number of aromatic amines is 1. The molecule has 4 fully saturated rings. The summed E-state index contributed by atoms with van der Waals surface area (Å²) in [6.07, 6.45) is 3.97. The van der Waals surface area contributed by atoms with Crippen LogP contribution in [0.2, 0.25) is 0 Å². The number of nitrogens with zero attached hydrogens (tertiary/aromatic N) is 4. The summed E-state index contributed by atoms with van der Waals surface area (Å²) in [5.74, 6) is -18.7. The fraction of sp³-hybridized carbons (Fsp3) is 0.439. The number of hydrogen-bond donors (Lipinski definition) is 18. The van der Waals surface area contributed by atoms with Crippen molar-refractivity contribution in [2.45, 2.75) is 229 Å². The van der Waals surface area contributed by atoms with Crippen molar-refractivity contribution in [1.29, 1.82) is 0 Å². The number of aromatic nitrogens is 1. The number of piperazine rings is 1. The smallest absolute Gasteiger partial charge is 0.335 e. The monoisotopic (exact) mass is 2020 g/mol. The van der Waals surface area contributed by atoms with Crippen LogP contribution in [-0.4, -0.2) is 279 Å². The zero-order chi connectivity index (χ0) is 106. The quantitative estimate of drug-likeness (QED) is 0.0410.